The number of carbonyl (C=O) groups excluding carboxylic acids is 3. The summed E-state index contributed by atoms with van der Waals surface area (Å²) < 4.78 is 4.47. The van der Waals surface area contributed by atoms with Gasteiger partial charge in [-0.3, -0.25) is 14.4 Å². The summed E-state index contributed by atoms with van der Waals surface area (Å²) in [4.78, 5) is 35.9. The number of hydrogen-bond donors (Lipinski definition) is 1. The monoisotopic (exact) mass is 224 g/mol. The van der Waals surface area contributed by atoms with Crippen LogP contribution < -0.4 is 5.32 Å². The quantitative estimate of drug-likeness (QED) is 0.621. The lowest BCUT2D eigenvalue weighted by molar-refractivity contribution is -0.147. The van der Waals surface area contributed by atoms with Gasteiger partial charge in [0.05, 0.1) is 13.5 Å². The lowest BCUT2D eigenvalue weighted by Crippen LogP contribution is -2.56. The van der Waals surface area contributed by atoms with Crippen molar-refractivity contribution < 1.29 is 19.1 Å². The third kappa shape index (κ3) is 1.66. The van der Waals surface area contributed by atoms with Crippen molar-refractivity contribution in [2.24, 2.45) is 0 Å². The zero-order valence-corrected chi connectivity index (χ0v) is 8.86. The fourth-order valence-electron chi connectivity index (χ4n) is 1.88. The zero-order valence-electron chi connectivity index (χ0n) is 8.86. The van der Waals surface area contributed by atoms with Crippen molar-refractivity contribution in [3.63, 3.8) is 0 Å². The molecule has 1 saturated heterocycles. The number of hydrogen-bond acceptors (Lipinski definition) is 4. The van der Waals surface area contributed by atoms with Crippen LogP contribution in [-0.2, 0) is 19.1 Å². The van der Waals surface area contributed by atoms with Crippen LogP contribution >= 0.6 is 0 Å². The van der Waals surface area contributed by atoms with Crippen LogP contribution in [0.15, 0.2) is 11.8 Å². The number of ether oxygens (including phenoxy) is 1. The highest BCUT2D eigenvalue weighted by molar-refractivity contribution is 6.06. The predicted molar refractivity (Wildman–Crippen MR) is 53.0 cm³/mol. The Hall–Kier alpha value is -1.85. The van der Waals surface area contributed by atoms with Crippen LogP contribution in [0, 0.1) is 0 Å². The van der Waals surface area contributed by atoms with Crippen molar-refractivity contribution in [1.29, 1.82) is 0 Å². The van der Waals surface area contributed by atoms with Gasteiger partial charge in [0.15, 0.2) is 0 Å². The minimum Gasteiger partial charge on any atom is -0.469 e. The van der Waals surface area contributed by atoms with Gasteiger partial charge in [0, 0.05) is 6.54 Å². The summed E-state index contributed by atoms with van der Waals surface area (Å²) in [6, 6.07) is -0.796. The molecule has 2 aliphatic rings. The molecule has 6 nitrogen and oxygen atoms in total. The smallest absolute Gasteiger partial charge is 0.308 e. The van der Waals surface area contributed by atoms with Crippen molar-refractivity contribution in [2.45, 2.75) is 18.9 Å². The van der Waals surface area contributed by atoms with E-state index >= 15 is 0 Å². The fraction of sp³-hybridized carbons (Fsp3) is 0.500. The molecule has 6 heteroatoms. The van der Waals surface area contributed by atoms with Gasteiger partial charge >= 0.3 is 5.97 Å². The topological polar surface area (TPSA) is 75.7 Å². The van der Waals surface area contributed by atoms with Gasteiger partial charge in [-0.05, 0) is 6.42 Å². The summed E-state index contributed by atoms with van der Waals surface area (Å²) >= 11 is 0. The van der Waals surface area contributed by atoms with Gasteiger partial charge in [-0.15, -0.1) is 0 Å². The number of esters is 1. The third-order valence-electron chi connectivity index (χ3n) is 2.68. The Balaban J connectivity index is 2.12. The van der Waals surface area contributed by atoms with E-state index in [1.807, 2.05) is 0 Å². The van der Waals surface area contributed by atoms with E-state index in [0.717, 1.165) is 0 Å². The van der Waals surface area contributed by atoms with E-state index < -0.39 is 12.0 Å². The Kier molecular flexibility index (Phi) is 2.64. The van der Waals surface area contributed by atoms with E-state index in [-0.39, 0.29) is 18.2 Å². The third-order valence-corrected chi connectivity index (χ3v) is 2.68. The molecule has 2 aliphatic heterocycles. The molecule has 86 valence electrons. The van der Waals surface area contributed by atoms with E-state index in [0.29, 0.717) is 18.7 Å². The Morgan fingerprint density at radius 3 is 3.06 bits per heavy atom. The van der Waals surface area contributed by atoms with Crippen LogP contribution in [0.2, 0.25) is 0 Å². The van der Waals surface area contributed by atoms with Gasteiger partial charge in [-0.2, -0.15) is 0 Å². The van der Waals surface area contributed by atoms with Crippen molar-refractivity contribution in [3.05, 3.63) is 11.8 Å². The van der Waals surface area contributed by atoms with Crippen molar-refractivity contribution in [2.75, 3.05) is 13.7 Å². The number of rotatable bonds is 2. The molecule has 16 heavy (non-hydrogen) atoms. The fourth-order valence-corrected chi connectivity index (χ4v) is 1.88. The second kappa shape index (κ2) is 3.96. The maximum absolute atomic E-state index is 11.9. The highest BCUT2D eigenvalue weighted by atomic mass is 16.5. The molecule has 0 spiro atoms. The van der Waals surface area contributed by atoms with Crippen LogP contribution in [-0.4, -0.2) is 42.4 Å². The summed E-state index contributed by atoms with van der Waals surface area (Å²) in [6.07, 6.45) is 2.28. The highest BCUT2D eigenvalue weighted by Gasteiger charge is 2.39. The average molecular weight is 224 g/mol. The molecule has 2 rings (SSSR count). The summed E-state index contributed by atoms with van der Waals surface area (Å²) in [6.45, 7) is 0.513. The number of piperazine rings is 1. The molecule has 0 saturated carbocycles. The number of nitrogens with zero attached hydrogens (tertiary/aromatic N) is 1. The van der Waals surface area contributed by atoms with Gasteiger partial charge in [0.25, 0.3) is 5.91 Å². The first kappa shape index (κ1) is 10.7. The first-order valence-corrected chi connectivity index (χ1v) is 5.02. The van der Waals surface area contributed by atoms with E-state index in [2.05, 4.69) is 10.1 Å². The molecular formula is C10H12N2O4. The second-order valence-electron chi connectivity index (χ2n) is 3.67. The molecule has 0 bridgehead atoms. The van der Waals surface area contributed by atoms with Crippen LogP contribution in [0.25, 0.3) is 0 Å². The lowest BCUT2D eigenvalue weighted by atomic mass is 10.1. The van der Waals surface area contributed by atoms with Crippen LogP contribution in [0.1, 0.15) is 12.8 Å². The normalized spacial score (nSPS) is 23.7. The largest absolute Gasteiger partial charge is 0.469 e. The van der Waals surface area contributed by atoms with Gasteiger partial charge in [0.2, 0.25) is 5.91 Å². The molecule has 1 atom stereocenters. The summed E-state index contributed by atoms with van der Waals surface area (Å²) in [5.74, 6) is -1.05. The first-order chi connectivity index (χ1) is 7.63. The second-order valence-corrected chi connectivity index (χ2v) is 3.67. The molecule has 2 heterocycles. The van der Waals surface area contributed by atoms with Crippen LogP contribution in [0.3, 0.4) is 0 Å². The minimum absolute atomic E-state index is 0.120. The van der Waals surface area contributed by atoms with Crippen LogP contribution in [0.4, 0.5) is 0 Å². The maximum Gasteiger partial charge on any atom is 0.308 e. The number of methoxy groups -OCH3 is 1. The SMILES string of the molecule is COC(=O)CC1NC(=O)C2=CCCN2C1=O. The van der Waals surface area contributed by atoms with Crippen molar-refractivity contribution >= 4 is 17.8 Å². The lowest BCUT2D eigenvalue weighted by Gasteiger charge is -2.30. The average Bonchev–Trinajstić information content (AvgIpc) is 2.74. The Labute approximate surface area is 92.2 Å². The van der Waals surface area contributed by atoms with E-state index in [4.69, 9.17) is 0 Å². The Bertz CT molecular complexity index is 388. The van der Waals surface area contributed by atoms with E-state index in [9.17, 15) is 14.4 Å². The Morgan fingerprint density at radius 1 is 1.62 bits per heavy atom. The van der Waals surface area contributed by atoms with Crippen LogP contribution in [0.5, 0.6) is 0 Å². The molecule has 0 aromatic heterocycles. The molecule has 2 amide bonds. The van der Waals surface area contributed by atoms with Crippen molar-refractivity contribution in [1.82, 2.24) is 10.2 Å². The summed E-state index contributed by atoms with van der Waals surface area (Å²) in [7, 11) is 1.25. The molecule has 1 N–H and O–H groups in total. The number of nitrogens with one attached hydrogen (secondary N) is 1. The molecule has 1 fully saturated rings. The minimum atomic E-state index is -0.796. The number of amides is 2. The standard InChI is InChI=1S/C10H12N2O4/c1-16-8(13)5-6-10(15)12-4-2-3-7(12)9(14)11-6/h3,6H,2,4-5H2,1H3,(H,11,14). The van der Waals surface area contributed by atoms with Gasteiger partial charge in [-0.25, -0.2) is 0 Å². The van der Waals surface area contributed by atoms with Gasteiger partial charge in [0.1, 0.15) is 11.7 Å². The molecule has 0 radical (unpaired) electrons. The Morgan fingerprint density at radius 2 is 2.38 bits per heavy atom. The predicted octanol–water partition coefficient (Wildman–Crippen LogP) is -0.836. The molecular weight excluding hydrogens is 212 g/mol. The first-order valence-electron chi connectivity index (χ1n) is 5.02. The van der Waals surface area contributed by atoms with Gasteiger partial charge in [-0.1, -0.05) is 6.08 Å². The summed E-state index contributed by atoms with van der Waals surface area (Å²) in [5, 5.41) is 2.50. The molecule has 0 aromatic carbocycles. The molecule has 0 aliphatic carbocycles. The number of fused-ring (bicyclic) bond motifs is 1. The molecule has 1 unspecified atom stereocenters. The maximum atomic E-state index is 11.9. The highest BCUT2D eigenvalue weighted by Crippen LogP contribution is 2.21. The van der Waals surface area contributed by atoms with E-state index in [1.54, 1.807) is 6.08 Å². The number of carbonyl (C=O) groups is 3. The van der Waals surface area contributed by atoms with Gasteiger partial charge < -0.3 is 15.0 Å². The summed E-state index contributed by atoms with van der Waals surface area (Å²) in [5.41, 5.74) is 0.395. The molecule has 0 aromatic rings. The zero-order chi connectivity index (χ0) is 11.7. The van der Waals surface area contributed by atoms with E-state index in [1.165, 1.54) is 12.0 Å². The van der Waals surface area contributed by atoms with Crippen molar-refractivity contribution in [3.8, 4) is 0 Å².